The lowest BCUT2D eigenvalue weighted by Crippen LogP contribution is -2.13. The molecule has 0 saturated carbocycles. The van der Waals surface area contributed by atoms with Gasteiger partial charge in [-0.1, -0.05) is 18.1 Å². The molecule has 0 aliphatic carbocycles. The average Bonchev–Trinajstić information content (AvgIpc) is 2.77. The van der Waals surface area contributed by atoms with Gasteiger partial charge >= 0.3 is 0 Å². The first-order valence-corrected chi connectivity index (χ1v) is 5.65. The van der Waals surface area contributed by atoms with Crippen LogP contribution in [0.25, 0.3) is 11.5 Å². The van der Waals surface area contributed by atoms with Crippen molar-refractivity contribution >= 4 is 0 Å². The van der Waals surface area contributed by atoms with Crippen LogP contribution in [-0.2, 0) is 6.42 Å². The molecule has 2 rings (SSSR count). The van der Waals surface area contributed by atoms with Crippen molar-refractivity contribution in [1.82, 2.24) is 15.1 Å². The molecule has 90 valence electrons. The fourth-order valence-corrected chi connectivity index (χ4v) is 1.49. The lowest BCUT2D eigenvalue weighted by atomic mass is 10.1. The van der Waals surface area contributed by atoms with Crippen molar-refractivity contribution in [2.45, 2.75) is 20.3 Å². The van der Waals surface area contributed by atoms with Crippen molar-refractivity contribution in [3.05, 3.63) is 29.8 Å². The fraction of sp³-hybridized carbons (Fsp3) is 0.417. The summed E-state index contributed by atoms with van der Waals surface area (Å²) in [5.74, 6) is 1.49. The van der Waals surface area contributed by atoms with E-state index < -0.39 is 0 Å². The van der Waals surface area contributed by atoms with Gasteiger partial charge in [-0.25, -0.2) is 4.98 Å². The molecule has 1 atom stereocenters. The number of pyridine rings is 1. The molecule has 2 heterocycles. The van der Waals surface area contributed by atoms with Crippen molar-refractivity contribution in [3.63, 3.8) is 0 Å². The second-order valence-corrected chi connectivity index (χ2v) is 4.22. The summed E-state index contributed by atoms with van der Waals surface area (Å²) in [6.07, 6.45) is 0.704. The van der Waals surface area contributed by atoms with Crippen LogP contribution in [-0.4, -0.2) is 21.7 Å². The van der Waals surface area contributed by atoms with Crippen molar-refractivity contribution in [2.24, 2.45) is 11.7 Å². The van der Waals surface area contributed by atoms with Crippen LogP contribution in [0.15, 0.2) is 22.7 Å². The third kappa shape index (κ3) is 2.88. The van der Waals surface area contributed by atoms with Gasteiger partial charge in [0.2, 0.25) is 11.7 Å². The van der Waals surface area contributed by atoms with Gasteiger partial charge in [0.15, 0.2) is 0 Å². The van der Waals surface area contributed by atoms with E-state index in [2.05, 4.69) is 22.0 Å². The zero-order chi connectivity index (χ0) is 12.3. The Hall–Kier alpha value is -1.75. The lowest BCUT2D eigenvalue weighted by Gasteiger charge is -2.01. The molecule has 2 aromatic heterocycles. The molecule has 0 bridgehead atoms. The van der Waals surface area contributed by atoms with E-state index in [1.807, 2.05) is 25.1 Å². The smallest absolute Gasteiger partial charge is 0.227 e. The van der Waals surface area contributed by atoms with E-state index in [0.717, 1.165) is 11.4 Å². The zero-order valence-electron chi connectivity index (χ0n) is 10.1. The Morgan fingerprint density at radius 1 is 1.35 bits per heavy atom. The standard InChI is InChI=1S/C12H16N4O/c1-8(7-13)6-11-15-12(16-17-11)10-5-3-4-9(2)14-10/h3-5,8H,6-7,13H2,1-2H3. The van der Waals surface area contributed by atoms with Gasteiger partial charge in [-0.05, 0) is 31.5 Å². The predicted octanol–water partition coefficient (Wildman–Crippen LogP) is 1.58. The van der Waals surface area contributed by atoms with E-state index in [1.54, 1.807) is 0 Å². The van der Waals surface area contributed by atoms with Crippen LogP contribution >= 0.6 is 0 Å². The molecule has 17 heavy (non-hydrogen) atoms. The molecule has 0 aromatic carbocycles. The van der Waals surface area contributed by atoms with Crippen LogP contribution in [0.5, 0.6) is 0 Å². The fourth-order valence-electron chi connectivity index (χ4n) is 1.49. The maximum atomic E-state index is 5.56. The molecule has 5 heteroatoms. The van der Waals surface area contributed by atoms with E-state index in [1.165, 1.54) is 0 Å². The Bertz CT molecular complexity index is 495. The highest BCUT2D eigenvalue weighted by atomic mass is 16.5. The van der Waals surface area contributed by atoms with Gasteiger partial charge in [0.05, 0.1) is 0 Å². The Balaban J connectivity index is 2.18. The molecule has 0 saturated heterocycles. The first-order chi connectivity index (χ1) is 8.19. The highest BCUT2D eigenvalue weighted by Crippen LogP contribution is 2.14. The van der Waals surface area contributed by atoms with Gasteiger partial charge in [-0.2, -0.15) is 4.98 Å². The minimum atomic E-state index is 0.341. The number of aromatic nitrogens is 3. The van der Waals surface area contributed by atoms with Gasteiger partial charge in [0.25, 0.3) is 0 Å². The average molecular weight is 232 g/mol. The van der Waals surface area contributed by atoms with Crippen LogP contribution in [0, 0.1) is 12.8 Å². The summed E-state index contributed by atoms with van der Waals surface area (Å²) < 4.78 is 5.17. The summed E-state index contributed by atoms with van der Waals surface area (Å²) in [5, 5.41) is 3.93. The maximum Gasteiger partial charge on any atom is 0.227 e. The number of rotatable bonds is 4. The van der Waals surface area contributed by atoms with E-state index >= 15 is 0 Å². The minimum Gasteiger partial charge on any atom is -0.339 e. The molecule has 0 aliphatic rings. The number of aryl methyl sites for hydroxylation is 1. The quantitative estimate of drug-likeness (QED) is 0.865. The second kappa shape index (κ2) is 5.05. The molecule has 0 radical (unpaired) electrons. The summed E-state index contributed by atoms with van der Waals surface area (Å²) in [7, 11) is 0. The SMILES string of the molecule is Cc1cccc(-c2noc(CC(C)CN)n2)n1. The second-order valence-electron chi connectivity index (χ2n) is 4.22. The van der Waals surface area contributed by atoms with Crippen LogP contribution in [0.3, 0.4) is 0 Å². The molecule has 5 nitrogen and oxygen atoms in total. The van der Waals surface area contributed by atoms with Crippen molar-refractivity contribution < 1.29 is 4.52 Å². The van der Waals surface area contributed by atoms with Gasteiger partial charge in [-0.3, -0.25) is 0 Å². The monoisotopic (exact) mass is 232 g/mol. The molecule has 0 amide bonds. The van der Waals surface area contributed by atoms with Crippen molar-refractivity contribution in [1.29, 1.82) is 0 Å². The number of hydrogen-bond acceptors (Lipinski definition) is 5. The third-order valence-electron chi connectivity index (χ3n) is 2.51. The van der Waals surface area contributed by atoms with E-state index in [9.17, 15) is 0 Å². The molecule has 0 fully saturated rings. The Morgan fingerprint density at radius 2 is 2.18 bits per heavy atom. The van der Waals surface area contributed by atoms with Gasteiger partial charge in [0.1, 0.15) is 5.69 Å². The van der Waals surface area contributed by atoms with Gasteiger partial charge in [0, 0.05) is 12.1 Å². The van der Waals surface area contributed by atoms with E-state index in [4.69, 9.17) is 10.3 Å². The molecular weight excluding hydrogens is 216 g/mol. The van der Waals surface area contributed by atoms with Gasteiger partial charge < -0.3 is 10.3 Å². The molecule has 0 spiro atoms. The van der Waals surface area contributed by atoms with E-state index in [-0.39, 0.29) is 0 Å². The minimum absolute atomic E-state index is 0.341. The highest BCUT2D eigenvalue weighted by Gasteiger charge is 2.12. The summed E-state index contributed by atoms with van der Waals surface area (Å²) >= 11 is 0. The van der Waals surface area contributed by atoms with Crippen LogP contribution in [0.4, 0.5) is 0 Å². The molecule has 2 N–H and O–H groups in total. The molecular formula is C12H16N4O. The van der Waals surface area contributed by atoms with Crippen molar-refractivity contribution in [3.8, 4) is 11.5 Å². The largest absolute Gasteiger partial charge is 0.339 e. The van der Waals surface area contributed by atoms with E-state index in [0.29, 0.717) is 30.6 Å². The Kier molecular flexibility index (Phi) is 3.49. The molecule has 0 aliphatic heterocycles. The van der Waals surface area contributed by atoms with Crippen molar-refractivity contribution in [2.75, 3.05) is 6.54 Å². The summed E-state index contributed by atoms with van der Waals surface area (Å²) in [5.41, 5.74) is 7.23. The summed E-state index contributed by atoms with van der Waals surface area (Å²) in [6, 6.07) is 5.73. The first kappa shape index (κ1) is 11.7. The number of nitrogens with zero attached hydrogens (tertiary/aromatic N) is 3. The molecule has 2 aromatic rings. The number of hydrogen-bond donors (Lipinski definition) is 1. The Morgan fingerprint density at radius 3 is 2.88 bits per heavy atom. The maximum absolute atomic E-state index is 5.56. The van der Waals surface area contributed by atoms with Crippen LogP contribution in [0.1, 0.15) is 18.5 Å². The van der Waals surface area contributed by atoms with Crippen LogP contribution in [0.2, 0.25) is 0 Å². The summed E-state index contributed by atoms with van der Waals surface area (Å²) in [4.78, 5) is 8.66. The zero-order valence-corrected chi connectivity index (χ0v) is 10.1. The van der Waals surface area contributed by atoms with Gasteiger partial charge in [-0.15, -0.1) is 0 Å². The topological polar surface area (TPSA) is 77.8 Å². The molecule has 1 unspecified atom stereocenters. The predicted molar refractivity (Wildman–Crippen MR) is 64.2 cm³/mol. The first-order valence-electron chi connectivity index (χ1n) is 5.65. The lowest BCUT2D eigenvalue weighted by molar-refractivity contribution is 0.359. The number of nitrogens with two attached hydrogens (primary N) is 1. The normalized spacial score (nSPS) is 12.6. The van der Waals surface area contributed by atoms with Crippen LogP contribution < -0.4 is 5.73 Å². The third-order valence-corrected chi connectivity index (χ3v) is 2.51. The Labute approximate surface area is 100 Å². The highest BCUT2D eigenvalue weighted by molar-refractivity contribution is 5.47. The summed E-state index contributed by atoms with van der Waals surface area (Å²) in [6.45, 7) is 4.59.